The van der Waals surface area contributed by atoms with Crippen LogP contribution < -0.4 is 10.6 Å². The molecular weight excluding hydrogens is 448 g/mol. The van der Waals surface area contributed by atoms with Crippen LogP contribution in [0.2, 0.25) is 5.02 Å². The van der Waals surface area contributed by atoms with Gasteiger partial charge in [-0.3, -0.25) is 0 Å². The molecule has 5 N–H and O–H groups in total. The minimum atomic E-state index is -0.614. The maximum absolute atomic E-state index is 10.4. The van der Waals surface area contributed by atoms with E-state index in [-0.39, 0.29) is 17.8 Å². The van der Waals surface area contributed by atoms with Gasteiger partial charge in [-0.2, -0.15) is 0 Å². The summed E-state index contributed by atoms with van der Waals surface area (Å²) in [7, 11) is 0. The molecule has 182 valence electrons. The van der Waals surface area contributed by atoms with Crippen LogP contribution in [-0.2, 0) is 12.8 Å². The van der Waals surface area contributed by atoms with Crippen LogP contribution in [0.4, 0.5) is 0 Å². The highest BCUT2D eigenvalue weighted by atomic mass is 35.5. The fourth-order valence-corrected chi connectivity index (χ4v) is 4.13. The highest BCUT2D eigenvalue weighted by Gasteiger charge is 2.12. The lowest BCUT2D eigenvalue weighted by Gasteiger charge is -2.19. The Bertz CT molecular complexity index is 1010. The Morgan fingerprint density at radius 1 is 0.706 bits per heavy atom. The van der Waals surface area contributed by atoms with Crippen LogP contribution in [0.15, 0.2) is 72.8 Å². The molecule has 3 aromatic rings. The highest BCUT2D eigenvalue weighted by molar-refractivity contribution is 6.30. The van der Waals surface area contributed by atoms with Crippen molar-refractivity contribution in [2.24, 2.45) is 0 Å². The molecule has 0 aliphatic rings. The van der Waals surface area contributed by atoms with Gasteiger partial charge < -0.3 is 26.0 Å². The van der Waals surface area contributed by atoms with E-state index in [4.69, 9.17) is 11.6 Å². The number of aliphatic hydroxyl groups excluding tert-OH is 2. The van der Waals surface area contributed by atoms with Crippen LogP contribution in [0.3, 0.4) is 0 Å². The van der Waals surface area contributed by atoms with E-state index >= 15 is 0 Å². The number of phenols is 1. The predicted octanol–water partition coefficient (Wildman–Crippen LogP) is 4.55. The van der Waals surface area contributed by atoms with Crippen molar-refractivity contribution >= 4 is 11.6 Å². The standard InChI is InChI=1S/C28H35ClN2O3/c1-19(30-17-27(33)23-10-12-26(32)13-11-23)14-21-6-8-22(9-7-21)15-20(2)31-18-28(34)24-4-3-5-25(29)16-24/h3-13,16,19-20,27-28,30-34H,14-15,17-18H2,1-2H3. The number of aliphatic hydroxyl groups is 2. The smallest absolute Gasteiger partial charge is 0.115 e. The lowest BCUT2D eigenvalue weighted by Crippen LogP contribution is -2.32. The van der Waals surface area contributed by atoms with Crippen LogP contribution in [0, 0.1) is 0 Å². The van der Waals surface area contributed by atoms with Gasteiger partial charge in [0.1, 0.15) is 5.75 Å². The molecule has 4 unspecified atom stereocenters. The second kappa shape index (κ2) is 12.9. The third-order valence-electron chi connectivity index (χ3n) is 5.94. The lowest BCUT2D eigenvalue weighted by molar-refractivity contribution is 0.170. The number of rotatable bonds is 12. The molecule has 0 saturated carbocycles. The Balaban J connectivity index is 1.40. The number of aromatic hydroxyl groups is 1. The molecule has 0 aliphatic heterocycles. The Labute approximate surface area is 207 Å². The molecule has 0 radical (unpaired) electrons. The summed E-state index contributed by atoms with van der Waals surface area (Å²) in [5.74, 6) is 0.195. The molecule has 5 nitrogen and oxygen atoms in total. The number of benzene rings is 3. The quantitative estimate of drug-likeness (QED) is 0.261. The SMILES string of the molecule is CC(Cc1ccc(CC(C)NCC(O)c2cccc(Cl)c2)cc1)NCC(O)c1ccc(O)cc1. The first-order valence-corrected chi connectivity index (χ1v) is 12.1. The molecule has 0 bridgehead atoms. The third-order valence-corrected chi connectivity index (χ3v) is 6.17. The molecule has 34 heavy (non-hydrogen) atoms. The van der Waals surface area contributed by atoms with E-state index in [0.717, 1.165) is 24.0 Å². The minimum Gasteiger partial charge on any atom is -0.508 e. The Morgan fingerprint density at radius 2 is 1.21 bits per heavy atom. The maximum atomic E-state index is 10.4. The van der Waals surface area contributed by atoms with E-state index in [1.54, 1.807) is 36.4 Å². The monoisotopic (exact) mass is 482 g/mol. The molecule has 6 heteroatoms. The first-order valence-electron chi connectivity index (χ1n) is 11.7. The number of phenolic OH excluding ortho intramolecular Hbond substituents is 1. The molecule has 0 spiro atoms. The molecule has 0 aliphatic carbocycles. The molecule has 3 aromatic carbocycles. The van der Waals surface area contributed by atoms with Crippen molar-refractivity contribution < 1.29 is 15.3 Å². The molecule has 4 atom stereocenters. The zero-order chi connectivity index (χ0) is 24.5. The van der Waals surface area contributed by atoms with Crippen molar-refractivity contribution in [2.45, 2.75) is 51.0 Å². The molecule has 0 saturated heterocycles. The zero-order valence-corrected chi connectivity index (χ0v) is 20.5. The predicted molar refractivity (Wildman–Crippen MR) is 138 cm³/mol. The van der Waals surface area contributed by atoms with Crippen molar-refractivity contribution in [3.63, 3.8) is 0 Å². The van der Waals surface area contributed by atoms with Gasteiger partial charge in [-0.25, -0.2) is 0 Å². The molecule has 3 rings (SSSR count). The Hall–Kier alpha value is -2.41. The summed E-state index contributed by atoms with van der Waals surface area (Å²) in [6.07, 6.45) is 0.527. The fourth-order valence-electron chi connectivity index (χ4n) is 3.93. The van der Waals surface area contributed by atoms with Gasteiger partial charge in [-0.05, 0) is 73.2 Å². The van der Waals surface area contributed by atoms with Gasteiger partial charge in [0.25, 0.3) is 0 Å². The molecule has 0 heterocycles. The van der Waals surface area contributed by atoms with Gasteiger partial charge in [0.2, 0.25) is 0 Å². The first kappa shape index (κ1) is 26.2. The van der Waals surface area contributed by atoms with Crippen molar-refractivity contribution in [2.75, 3.05) is 13.1 Å². The van der Waals surface area contributed by atoms with E-state index in [0.29, 0.717) is 18.1 Å². The minimum absolute atomic E-state index is 0.195. The Morgan fingerprint density at radius 3 is 1.71 bits per heavy atom. The summed E-state index contributed by atoms with van der Waals surface area (Å²) in [4.78, 5) is 0. The molecular formula is C28H35ClN2O3. The summed E-state index contributed by atoms with van der Waals surface area (Å²) >= 11 is 6.01. The van der Waals surface area contributed by atoms with E-state index in [1.807, 2.05) is 12.1 Å². The van der Waals surface area contributed by atoms with Gasteiger partial charge in [0.15, 0.2) is 0 Å². The normalized spacial score (nSPS) is 15.0. The van der Waals surface area contributed by atoms with Gasteiger partial charge in [-0.1, -0.05) is 60.1 Å². The third kappa shape index (κ3) is 8.42. The fraction of sp³-hybridized carbons (Fsp3) is 0.357. The maximum Gasteiger partial charge on any atom is 0.115 e. The summed E-state index contributed by atoms with van der Waals surface area (Å²) in [5, 5.41) is 37.5. The van der Waals surface area contributed by atoms with E-state index in [1.165, 1.54) is 11.1 Å². The van der Waals surface area contributed by atoms with Gasteiger partial charge in [0, 0.05) is 30.2 Å². The first-order chi connectivity index (χ1) is 16.3. The lowest BCUT2D eigenvalue weighted by atomic mass is 10.0. The van der Waals surface area contributed by atoms with Crippen molar-refractivity contribution in [3.8, 4) is 5.75 Å². The number of hydrogen-bond donors (Lipinski definition) is 5. The van der Waals surface area contributed by atoms with Crippen molar-refractivity contribution in [1.29, 1.82) is 0 Å². The molecule has 0 fully saturated rings. The van der Waals surface area contributed by atoms with Gasteiger partial charge >= 0.3 is 0 Å². The average molecular weight is 483 g/mol. The number of hydrogen-bond acceptors (Lipinski definition) is 5. The van der Waals surface area contributed by atoms with Crippen molar-refractivity contribution in [1.82, 2.24) is 10.6 Å². The van der Waals surface area contributed by atoms with Gasteiger partial charge in [0.05, 0.1) is 12.2 Å². The molecule has 0 aromatic heterocycles. The highest BCUT2D eigenvalue weighted by Crippen LogP contribution is 2.18. The summed E-state index contributed by atoms with van der Waals surface area (Å²) < 4.78 is 0. The molecule has 0 amide bonds. The summed E-state index contributed by atoms with van der Waals surface area (Å²) in [6, 6.07) is 23.0. The van der Waals surface area contributed by atoms with Gasteiger partial charge in [-0.15, -0.1) is 0 Å². The number of nitrogens with one attached hydrogen (secondary N) is 2. The second-order valence-electron chi connectivity index (χ2n) is 9.02. The number of halogens is 1. The van der Waals surface area contributed by atoms with Crippen LogP contribution in [0.5, 0.6) is 5.75 Å². The van der Waals surface area contributed by atoms with Crippen LogP contribution >= 0.6 is 11.6 Å². The van der Waals surface area contributed by atoms with Crippen LogP contribution in [0.1, 0.15) is 48.3 Å². The second-order valence-corrected chi connectivity index (χ2v) is 9.46. The largest absolute Gasteiger partial charge is 0.508 e. The average Bonchev–Trinajstić information content (AvgIpc) is 2.82. The summed E-state index contributed by atoms with van der Waals surface area (Å²) in [6.45, 7) is 5.14. The Kier molecular flexibility index (Phi) is 9.93. The van der Waals surface area contributed by atoms with E-state index in [2.05, 4.69) is 48.7 Å². The van der Waals surface area contributed by atoms with E-state index < -0.39 is 12.2 Å². The topological polar surface area (TPSA) is 84.8 Å². The summed E-state index contributed by atoms with van der Waals surface area (Å²) in [5.41, 5.74) is 4.07. The zero-order valence-electron chi connectivity index (χ0n) is 19.8. The van der Waals surface area contributed by atoms with Crippen LogP contribution in [-0.4, -0.2) is 40.5 Å². The van der Waals surface area contributed by atoms with Crippen molar-refractivity contribution in [3.05, 3.63) is 100 Å². The van der Waals surface area contributed by atoms with Crippen LogP contribution in [0.25, 0.3) is 0 Å². The van der Waals surface area contributed by atoms with E-state index in [9.17, 15) is 15.3 Å².